The molecular weight excluding hydrogens is 456 g/mol. The Morgan fingerprint density at radius 2 is 1.57 bits per heavy atom. The summed E-state index contributed by atoms with van der Waals surface area (Å²) in [6, 6.07) is 20.6. The fourth-order valence-corrected chi connectivity index (χ4v) is 5.93. The van der Waals surface area contributed by atoms with E-state index in [2.05, 4.69) is 19.1 Å². The monoisotopic (exact) mass is 484 g/mol. The maximum atomic E-state index is 13.9. The lowest BCUT2D eigenvalue weighted by Crippen LogP contribution is -2.08. The van der Waals surface area contributed by atoms with Crippen LogP contribution in [0.1, 0.15) is 36.5 Å². The summed E-state index contributed by atoms with van der Waals surface area (Å²) < 4.78 is 29.5. The zero-order valence-corrected chi connectivity index (χ0v) is 20.9. The van der Waals surface area contributed by atoms with Crippen molar-refractivity contribution in [3.05, 3.63) is 83.4 Å². The first-order valence-electron chi connectivity index (χ1n) is 11.8. The number of hydrogen-bond acceptors (Lipinski definition) is 5. The SMILES string of the molecule is CCCCc1ccc(-n2c(N)c(S(=O)(=O)c3ccc(C)c(C)c3)c3nc4ccccc4nc32)cc1. The average molecular weight is 485 g/mol. The number of nitrogen functional groups attached to an aromatic ring is 1. The highest BCUT2D eigenvalue weighted by molar-refractivity contribution is 7.92. The number of unbranched alkanes of at least 4 members (excludes halogenated alkanes) is 1. The van der Waals surface area contributed by atoms with Crippen LogP contribution in [0.3, 0.4) is 0 Å². The van der Waals surface area contributed by atoms with Crippen LogP contribution < -0.4 is 5.73 Å². The molecule has 7 heteroatoms. The van der Waals surface area contributed by atoms with Gasteiger partial charge in [0.05, 0.1) is 15.9 Å². The number of nitrogens with two attached hydrogens (primary N) is 1. The lowest BCUT2D eigenvalue weighted by molar-refractivity contribution is 0.597. The van der Waals surface area contributed by atoms with E-state index in [0.29, 0.717) is 16.7 Å². The minimum absolute atomic E-state index is 0.0101. The molecule has 0 bridgehead atoms. The smallest absolute Gasteiger partial charge is 0.212 e. The van der Waals surface area contributed by atoms with Gasteiger partial charge in [-0.2, -0.15) is 0 Å². The molecule has 0 aliphatic carbocycles. The van der Waals surface area contributed by atoms with Crippen molar-refractivity contribution in [1.82, 2.24) is 14.5 Å². The van der Waals surface area contributed by atoms with Crippen LogP contribution in [-0.4, -0.2) is 23.0 Å². The summed E-state index contributed by atoms with van der Waals surface area (Å²) in [4.78, 5) is 9.72. The van der Waals surface area contributed by atoms with Gasteiger partial charge in [0, 0.05) is 5.69 Å². The van der Waals surface area contributed by atoms with E-state index in [9.17, 15) is 8.42 Å². The lowest BCUT2D eigenvalue weighted by Gasteiger charge is -2.10. The van der Waals surface area contributed by atoms with Crippen LogP contribution in [-0.2, 0) is 16.3 Å². The molecule has 0 unspecified atom stereocenters. The second kappa shape index (κ2) is 8.82. The highest BCUT2D eigenvalue weighted by Crippen LogP contribution is 2.37. The maximum absolute atomic E-state index is 13.9. The summed E-state index contributed by atoms with van der Waals surface area (Å²) in [7, 11) is -3.96. The lowest BCUT2D eigenvalue weighted by atomic mass is 10.1. The van der Waals surface area contributed by atoms with Crippen LogP contribution in [0.2, 0.25) is 0 Å². The van der Waals surface area contributed by atoms with Gasteiger partial charge in [-0.05, 0) is 79.8 Å². The largest absolute Gasteiger partial charge is 0.384 e. The molecule has 5 aromatic rings. The minimum Gasteiger partial charge on any atom is -0.384 e. The van der Waals surface area contributed by atoms with Crippen LogP contribution in [0.25, 0.3) is 27.9 Å². The summed E-state index contributed by atoms with van der Waals surface area (Å²) in [5.41, 5.74) is 12.5. The molecule has 0 saturated heterocycles. The number of fused-ring (bicyclic) bond motifs is 2. The van der Waals surface area contributed by atoms with E-state index >= 15 is 0 Å². The van der Waals surface area contributed by atoms with Crippen LogP contribution in [0.15, 0.2) is 76.5 Å². The molecule has 2 N–H and O–H groups in total. The molecule has 0 amide bonds. The Hall–Kier alpha value is -3.71. The van der Waals surface area contributed by atoms with E-state index in [4.69, 9.17) is 15.7 Å². The predicted molar refractivity (Wildman–Crippen MR) is 141 cm³/mol. The van der Waals surface area contributed by atoms with E-state index in [0.717, 1.165) is 36.1 Å². The van der Waals surface area contributed by atoms with Crippen molar-refractivity contribution in [3.63, 3.8) is 0 Å². The molecule has 0 atom stereocenters. The van der Waals surface area contributed by atoms with Crippen molar-refractivity contribution in [1.29, 1.82) is 0 Å². The summed E-state index contributed by atoms with van der Waals surface area (Å²) >= 11 is 0. The quantitative estimate of drug-likeness (QED) is 0.322. The number of para-hydroxylation sites is 2. The Labute approximate surface area is 205 Å². The molecule has 0 radical (unpaired) electrons. The van der Waals surface area contributed by atoms with Gasteiger partial charge in [-0.3, -0.25) is 4.57 Å². The first-order valence-corrected chi connectivity index (χ1v) is 13.3. The summed E-state index contributed by atoms with van der Waals surface area (Å²) in [5.74, 6) is 0.106. The Balaban J connectivity index is 1.79. The number of nitrogens with zero attached hydrogens (tertiary/aromatic N) is 3. The molecule has 0 spiro atoms. The third-order valence-electron chi connectivity index (χ3n) is 6.52. The Morgan fingerprint density at radius 1 is 0.886 bits per heavy atom. The number of aromatic nitrogens is 3. The summed E-state index contributed by atoms with van der Waals surface area (Å²) in [6.07, 6.45) is 3.23. The van der Waals surface area contributed by atoms with Crippen molar-refractivity contribution < 1.29 is 8.42 Å². The highest BCUT2D eigenvalue weighted by atomic mass is 32.2. The van der Waals surface area contributed by atoms with Gasteiger partial charge in [0.2, 0.25) is 9.84 Å². The van der Waals surface area contributed by atoms with Crippen molar-refractivity contribution >= 4 is 37.9 Å². The number of benzene rings is 3. The summed E-state index contributed by atoms with van der Waals surface area (Å²) in [6.45, 7) is 6.02. The van der Waals surface area contributed by atoms with Gasteiger partial charge in [0.25, 0.3) is 0 Å². The molecule has 178 valence electrons. The van der Waals surface area contributed by atoms with Gasteiger partial charge in [0.15, 0.2) is 5.65 Å². The number of rotatable bonds is 6. The van der Waals surface area contributed by atoms with Gasteiger partial charge >= 0.3 is 0 Å². The average Bonchev–Trinajstić information content (AvgIpc) is 3.14. The molecule has 0 saturated carbocycles. The number of aryl methyl sites for hydroxylation is 3. The van der Waals surface area contributed by atoms with Crippen LogP contribution in [0, 0.1) is 13.8 Å². The molecule has 0 aliphatic rings. The van der Waals surface area contributed by atoms with E-state index in [1.165, 1.54) is 5.56 Å². The highest BCUT2D eigenvalue weighted by Gasteiger charge is 2.31. The third-order valence-corrected chi connectivity index (χ3v) is 8.34. The van der Waals surface area contributed by atoms with Gasteiger partial charge in [0.1, 0.15) is 16.2 Å². The minimum atomic E-state index is -3.96. The Bertz CT molecular complexity index is 1670. The first kappa shape index (κ1) is 23.1. The Kier molecular flexibility index (Phi) is 5.81. The Morgan fingerprint density at radius 3 is 2.23 bits per heavy atom. The van der Waals surface area contributed by atoms with Gasteiger partial charge < -0.3 is 5.73 Å². The second-order valence-electron chi connectivity index (χ2n) is 8.95. The first-order chi connectivity index (χ1) is 16.8. The standard InChI is InChI=1S/C28H28N4O2S/c1-4-5-8-20-12-14-21(15-13-20)32-27(29)26(35(33,34)22-16-11-18(2)19(3)17-22)25-28(32)31-24-10-7-6-9-23(24)30-25/h6-7,9-17H,4-5,8,29H2,1-3H3. The van der Waals surface area contributed by atoms with Crippen molar-refractivity contribution in [2.45, 2.75) is 49.8 Å². The molecule has 3 aromatic carbocycles. The van der Waals surface area contributed by atoms with Crippen molar-refractivity contribution in [2.75, 3.05) is 5.73 Å². The fourth-order valence-electron chi connectivity index (χ4n) is 4.35. The zero-order chi connectivity index (χ0) is 24.7. The summed E-state index contributed by atoms with van der Waals surface area (Å²) in [5, 5.41) is 0. The van der Waals surface area contributed by atoms with E-state index in [1.807, 2.05) is 56.3 Å². The van der Waals surface area contributed by atoms with Crippen LogP contribution in [0.5, 0.6) is 0 Å². The number of anilines is 1. The van der Waals surface area contributed by atoms with E-state index < -0.39 is 9.84 Å². The maximum Gasteiger partial charge on any atom is 0.212 e. The molecule has 2 heterocycles. The second-order valence-corrected chi connectivity index (χ2v) is 10.8. The van der Waals surface area contributed by atoms with Gasteiger partial charge in [-0.25, -0.2) is 18.4 Å². The topological polar surface area (TPSA) is 90.9 Å². The van der Waals surface area contributed by atoms with Gasteiger partial charge in [-0.1, -0.05) is 43.7 Å². The van der Waals surface area contributed by atoms with Gasteiger partial charge in [-0.15, -0.1) is 0 Å². The third kappa shape index (κ3) is 3.96. The normalized spacial score (nSPS) is 12.0. The van der Waals surface area contributed by atoms with Crippen molar-refractivity contribution in [3.8, 4) is 5.69 Å². The number of hydrogen-bond donors (Lipinski definition) is 1. The predicted octanol–water partition coefficient (Wildman–Crippen LogP) is 5.95. The molecule has 35 heavy (non-hydrogen) atoms. The molecule has 0 fully saturated rings. The molecule has 6 nitrogen and oxygen atoms in total. The molecule has 0 aliphatic heterocycles. The van der Waals surface area contributed by atoms with E-state index in [-0.39, 0.29) is 21.1 Å². The van der Waals surface area contributed by atoms with Crippen molar-refractivity contribution in [2.24, 2.45) is 0 Å². The van der Waals surface area contributed by atoms with E-state index in [1.54, 1.807) is 16.7 Å². The molecular formula is C28H28N4O2S. The number of sulfone groups is 1. The molecule has 5 rings (SSSR count). The molecule has 2 aromatic heterocycles. The van der Waals surface area contributed by atoms with Crippen LogP contribution >= 0.6 is 0 Å². The fraction of sp³-hybridized carbons (Fsp3) is 0.214. The van der Waals surface area contributed by atoms with Crippen LogP contribution in [0.4, 0.5) is 5.82 Å². The zero-order valence-electron chi connectivity index (χ0n) is 20.1.